The Morgan fingerprint density at radius 2 is 2.11 bits per heavy atom. The van der Waals surface area contributed by atoms with Crippen LogP contribution in [-0.2, 0) is 4.74 Å². The molecule has 0 unspecified atom stereocenters. The Labute approximate surface area is 110 Å². The van der Waals surface area contributed by atoms with Crippen LogP contribution >= 0.6 is 0 Å². The lowest BCUT2D eigenvalue weighted by molar-refractivity contribution is 0.0291. The highest BCUT2D eigenvalue weighted by molar-refractivity contribution is 5.68. The van der Waals surface area contributed by atoms with Gasteiger partial charge in [0.1, 0.15) is 5.60 Å². The fourth-order valence-electron chi connectivity index (χ4n) is 1.91. The second-order valence-electron chi connectivity index (χ2n) is 6.17. The molecule has 0 radical (unpaired) electrons. The van der Waals surface area contributed by atoms with E-state index in [0.29, 0.717) is 6.04 Å². The number of likely N-dealkylation sites (tertiary alicyclic amines) is 1. The number of ether oxygens (including phenoxy) is 1. The zero-order valence-electron chi connectivity index (χ0n) is 12.3. The standard InChI is InChI=1S/C13H27N3O2/c1-13(2,3)18-12(17)16-8-6-11(10-16)14-7-9-15(4)5/h11,14H,6-10H2,1-5H3/t11-/m0/s1. The van der Waals surface area contributed by atoms with Gasteiger partial charge >= 0.3 is 6.09 Å². The summed E-state index contributed by atoms with van der Waals surface area (Å²) in [5, 5.41) is 3.47. The minimum atomic E-state index is -0.409. The Bertz CT molecular complexity index is 274. The van der Waals surface area contributed by atoms with Crippen molar-refractivity contribution in [3.8, 4) is 0 Å². The molecule has 1 fully saturated rings. The van der Waals surface area contributed by atoms with Crippen LogP contribution in [0.3, 0.4) is 0 Å². The maximum Gasteiger partial charge on any atom is 0.410 e. The van der Waals surface area contributed by atoms with Crippen molar-refractivity contribution in [3.05, 3.63) is 0 Å². The summed E-state index contributed by atoms with van der Waals surface area (Å²) in [6.07, 6.45) is 0.812. The first kappa shape index (κ1) is 15.2. The molecule has 0 aromatic rings. The van der Waals surface area contributed by atoms with Crippen LogP contribution in [0.2, 0.25) is 0 Å². The molecule has 1 aliphatic heterocycles. The van der Waals surface area contributed by atoms with E-state index in [0.717, 1.165) is 32.6 Å². The largest absolute Gasteiger partial charge is 0.444 e. The van der Waals surface area contributed by atoms with E-state index in [2.05, 4.69) is 24.3 Å². The molecule has 1 atom stereocenters. The molecule has 106 valence electrons. The fraction of sp³-hybridized carbons (Fsp3) is 0.923. The average molecular weight is 257 g/mol. The van der Waals surface area contributed by atoms with Crippen LogP contribution in [0.25, 0.3) is 0 Å². The monoisotopic (exact) mass is 257 g/mol. The molecule has 0 saturated carbocycles. The van der Waals surface area contributed by atoms with Crippen molar-refractivity contribution in [3.63, 3.8) is 0 Å². The number of hydrogen-bond donors (Lipinski definition) is 1. The van der Waals surface area contributed by atoms with Crippen molar-refractivity contribution in [2.24, 2.45) is 0 Å². The van der Waals surface area contributed by atoms with Crippen LogP contribution < -0.4 is 5.32 Å². The predicted octanol–water partition coefficient (Wildman–Crippen LogP) is 1.15. The third-order valence-electron chi connectivity index (χ3n) is 2.83. The molecular formula is C13H27N3O2. The highest BCUT2D eigenvalue weighted by Gasteiger charge is 2.29. The minimum absolute atomic E-state index is 0.195. The minimum Gasteiger partial charge on any atom is -0.444 e. The number of likely N-dealkylation sites (N-methyl/N-ethyl adjacent to an activating group) is 1. The zero-order chi connectivity index (χ0) is 13.8. The molecule has 0 spiro atoms. The van der Waals surface area contributed by atoms with Crippen molar-refractivity contribution in [2.45, 2.75) is 38.8 Å². The van der Waals surface area contributed by atoms with Gasteiger partial charge in [-0.2, -0.15) is 0 Å². The van der Waals surface area contributed by atoms with E-state index < -0.39 is 5.60 Å². The van der Waals surface area contributed by atoms with Crippen LogP contribution in [0.15, 0.2) is 0 Å². The van der Waals surface area contributed by atoms with Gasteiger partial charge in [-0.15, -0.1) is 0 Å². The summed E-state index contributed by atoms with van der Waals surface area (Å²) in [6.45, 7) is 9.20. The smallest absolute Gasteiger partial charge is 0.410 e. The van der Waals surface area contributed by atoms with Gasteiger partial charge in [-0.1, -0.05) is 0 Å². The summed E-state index contributed by atoms with van der Waals surface area (Å²) in [5.41, 5.74) is -0.409. The Hall–Kier alpha value is -0.810. The number of nitrogens with one attached hydrogen (secondary N) is 1. The van der Waals surface area contributed by atoms with Crippen molar-refractivity contribution in [2.75, 3.05) is 40.3 Å². The Morgan fingerprint density at radius 1 is 1.44 bits per heavy atom. The lowest BCUT2D eigenvalue weighted by Gasteiger charge is -2.24. The molecular weight excluding hydrogens is 230 g/mol. The van der Waals surface area contributed by atoms with E-state index in [4.69, 9.17) is 4.74 Å². The number of rotatable bonds is 4. The quantitative estimate of drug-likeness (QED) is 0.820. The van der Waals surface area contributed by atoms with Crippen molar-refractivity contribution in [1.82, 2.24) is 15.1 Å². The Balaban J connectivity index is 2.26. The summed E-state index contributed by atoms with van der Waals surface area (Å²) < 4.78 is 5.36. The highest BCUT2D eigenvalue weighted by atomic mass is 16.6. The zero-order valence-corrected chi connectivity index (χ0v) is 12.3. The van der Waals surface area contributed by atoms with Crippen LogP contribution in [0, 0.1) is 0 Å². The third-order valence-corrected chi connectivity index (χ3v) is 2.83. The second kappa shape index (κ2) is 6.38. The fourth-order valence-corrected chi connectivity index (χ4v) is 1.91. The summed E-state index contributed by atoms with van der Waals surface area (Å²) >= 11 is 0. The molecule has 0 bridgehead atoms. The van der Waals surface area contributed by atoms with Gasteiger partial charge in [-0.05, 0) is 41.3 Å². The molecule has 5 heteroatoms. The topological polar surface area (TPSA) is 44.8 Å². The van der Waals surface area contributed by atoms with E-state index in [9.17, 15) is 4.79 Å². The van der Waals surface area contributed by atoms with Crippen molar-refractivity contribution in [1.29, 1.82) is 0 Å². The number of nitrogens with zero attached hydrogens (tertiary/aromatic N) is 2. The molecule has 1 N–H and O–H groups in total. The molecule has 0 aromatic carbocycles. The molecule has 0 aromatic heterocycles. The summed E-state index contributed by atoms with van der Waals surface area (Å²) in [6, 6.07) is 0.400. The molecule has 0 aliphatic carbocycles. The molecule has 1 heterocycles. The van der Waals surface area contributed by atoms with E-state index in [1.807, 2.05) is 20.8 Å². The lowest BCUT2D eigenvalue weighted by atomic mass is 10.2. The van der Waals surface area contributed by atoms with Gasteiger partial charge in [0.2, 0.25) is 0 Å². The first-order valence-electron chi connectivity index (χ1n) is 6.64. The summed E-state index contributed by atoms with van der Waals surface area (Å²) in [4.78, 5) is 15.8. The number of amides is 1. The van der Waals surface area contributed by atoms with Crippen LogP contribution in [0.4, 0.5) is 4.79 Å². The molecule has 5 nitrogen and oxygen atoms in total. The molecule has 1 rings (SSSR count). The molecule has 1 saturated heterocycles. The van der Waals surface area contributed by atoms with Gasteiger partial charge in [0.25, 0.3) is 0 Å². The third kappa shape index (κ3) is 5.69. The van der Waals surface area contributed by atoms with Gasteiger partial charge in [-0.25, -0.2) is 4.79 Å². The normalized spacial score (nSPS) is 20.6. The van der Waals surface area contributed by atoms with E-state index >= 15 is 0 Å². The molecule has 18 heavy (non-hydrogen) atoms. The van der Waals surface area contributed by atoms with E-state index in [1.165, 1.54) is 0 Å². The van der Waals surface area contributed by atoms with Gasteiger partial charge in [0.05, 0.1) is 0 Å². The highest BCUT2D eigenvalue weighted by Crippen LogP contribution is 2.15. The van der Waals surface area contributed by atoms with E-state index in [1.54, 1.807) is 4.90 Å². The lowest BCUT2D eigenvalue weighted by Crippen LogP contribution is -2.39. The predicted molar refractivity (Wildman–Crippen MR) is 72.8 cm³/mol. The van der Waals surface area contributed by atoms with Gasteiger partial charge in [0, 0.05) is 32.2 Å². The van der Waals surface area contributed by atoms with E-state index in [-0.39, 0.29) is 6.09 Å². The van der Waals surface area contributed by atoms with Crippen LogP contribution in [0.1, 0.15) is 27.2 Å². The van der Waals surface area contributed by atoms with Crippen LogP contribution in [0.5, 0.6) is 0 Å². The second-order valence-corrected chi connectivity index (χ2v) is 6.17. The van der Waals surface area contributed by atoms with Crippen molar-refractivity contribution < 1.29 is 9.53 Å². The Morgan fingerprint density at radius 3 is 2.67 bits per heavy atom. The number of carbonyl (C=O) groups is 1. The Kier molecular flexibility index (Phi) is 5.41. The summed E-state index contributed by atoms with van der Waals surface area (Å²) in [7, 11) is 4.12. The van der Waals surface area contributed by atoms with Crippen molar-refractivity contribution >= 4 is 6.09 Å². The maximum atomic E-state index is 11.9. The van der Waals surface area contributed by atoms with Gasteiger partial charge in [0.15, 0.2) is 0 Å². The maximum absolute atomic E-state index is 11.9. The van der Waals surface area contributed by atoms with Gasteiger partial charge < -0.3 is 19.9 Å². The van der Waals surface area contributed by atoms with Crippen LogP contribution in [-0.4, -0.2) is 67.8 Å². The SMILES string of the molecule is CN(C)CCN[C@H]1CCN(C(=O)OC(C)(C)C)C1. The first-order valence-corrected chi connectivity index (χ1v) is 6.64. The first-order chi connectivity index (χ1) is 8.28. The number of hydrogen-bond acceptors (Lipinski definition) is 4. The van der Waals surface area contributed by atoms with Gasteiger partial charge in [-0.3, -0.25) is 0 Å². The molecule has 1 amide bonds. The number of carbonyl (C=O) groups excluding carboxylic acids is 1. The average Bonchev–Trinajstić information content (AvgIpc) is 2.63. The summed E-state index contributed by atoms with van der Waals surface area (Å²) in [5.74, 6) is 0. The molecule has 1 aliphatic rings.